The van der Waals surface area contributed by atoms with Crippen LogP contribution in [0.15, 0.2) is 84.9 Å². The van der Waals surface area contributed by atoms with Crippen LogP contribution in [0, 0.1) is 6.92 Å². The van der Waals surface area contributed by atoms with Gasteiger partial charge in [-0.2, -0.15) is 0 Å². The average Bonchev–Trinajstić information content (AvgIpc) is 3.01. The zero-order valence-electron chi connectivity index (χ0n) is 24.3. The Morgan fingerprint density at radius 3 is 2.37 bits per heavy atom. The van der Waals surface area contributed by atoms with Crippen molar-refractivity contribution < 1.29 is 19.2 Å². The van der Waals surface area contributed by atoms with Crippen LogP contribution in [0.1, 0.15) is 52.7 Å². The van der Waals surface area contributed by atoms with Gasteiger partial charge in [0.2, 0.25) is 17.7 Å². The van der Waals surface area contributed by atoms with Crippen LogP contribution in [-0.2, 0) is 27.3 Å². The zero-order valence-corrected chi connectivity index (χ0v) is 25.0. The first-order valence-electron chi connectivity index (χ1n) is 14.3. The summed E-state index contributed by atoms with van der Waals surface area (Å²) in [6, 6.07) is 19.8. The van der Waals surface area contributed by atoms with E-state index in [1.54, 1.807) is 42.5 Å². The third kappa shape index (κ3) is 8.40. The number of carbonyl (C=O) groups excluding carboxylic acids is 4. The Labute approximate surface area is 257 Å². The minimum Gasteiger partial charge on any atom is -0.342 e. The molecular weight excluding hydrogens is 564 g/mol. The fourth-order valence-electron chi connectivity index (χ4n) is 5.18. The monoisotopic (exact) mass is 600 g/mol. The number of hydrogen-bond donors (Lipinski definition) is 3. The molecule has 1 aliphatic heterocycles. The first kappa shape index (κ1) is 31.7. The molecule has 0 saturated carbocycles. The molecule has 3 amide bonds. The molecule has 0 fully saturated rings. The van der Waals surface area contributed by atoms with E-state index >= 15 is 0 Å². The summed E-state index contributed by atoms with van der Waals surface area (Å²) in [7, 11) is 0. The summed E-state index contributed by atoms with van der Waals surface area (Å²) in [6.45, 7) is 6.46. The van der Waals surface area contributed by atoms with Crippen molar-refractivity contribution in [1.29, 1.82) is 0 Å². The van der Waals surface area contributed by atoms with Crippen molar-refractivity contribution in [1.82, 2.24) is 10.2 Å². The van der Waals surface area contributed by atoms with Crippen LogP contribution in [0.4, 0.5) is 5.69 Å². The Hall–Kier alpha value is -4.27. The summed E-state index contributed by atoms with van der Waals surface area (Å²) >= 11 is 6.14. The van der Waals surface area contributed by atoms with E-state index in [9.17, 15) is 19.2 Å². The third-order valence-electron chi connectivity index (χ3n) is 7.58. The molecule has 0 bridgehead atoms. The van der Waals surface area contributed by atoms with Crippen molar-refractivity contribution in [2.45, 2.75) is 57.7 Å². The van der Waals surface area contributed by atoms with E-state index in [0.29, 0.717) is 29.2 Å². The molecule has 8 nitrogen and oxygen atoms in total. The van der Waals surface area contributed by atoms with Crippen LogP contribution in [0.2, 0.25) is 5.02 Å². The van der Waals surface area contributed by atoms with Gasteiger partial charge in [0, 0.05) is 42.1 Å². The van der Waals surface area contributed by atoms with Crippen LogP contribution in [0.25, 0.3) is 0 Å². The molecule has 0 aliphatic carbocycles. The molecule has 9 heteroatoms. The lowest BCUT2D eigenvalue weighted by molar-refractivity contribution is -0.142. The molecule has 0 aromatic heterocycles. The number of aryl methyl sites for hydroxylation is 1. The molecule has 3 aromatic rings. The number of anilines is 1. The fourth-order valence-corrected chi connectivity index (χ4v) is 5.29. The van der Waals surface area contributed by atoms with E-state index in [2.05, 4.69) is 17.2 Å². The van der Waals surface area contributed by atoms with Gasteiger partial charge in [-0.15, -0.1) is 0 Å². The van der Waals surface area contributed by atoms with Crippen molar-refractivity contribution in [3.63, 3.8) is 0 Å². The number of Topliss-reactive ketones (excluding diaryl/α,β-unsaturated/α-hetero) is 1. The van der Waals surface area contributed by atoms with Gasteiger partial charge in [-0.05, 0) is 61.2 Å². The normalized spacial score (nSPS) is 14.8. The Balaban J connectivity index is 1.53. The Bertz CT molecular complexity index is 1510. The van der Waals surface area contributed by atoms with E-state index in [1.807, 2.05) is 37.3 Å². The second-order valence-electron chi connectivity index (χ2n) is 10.8. The minimum absolute atomic E-state index is 0.0276. The molecular formula is C34H37ClN4O4. The van der Waals surface area contributed by atoms with Crippen LogP contribution < -0.4 is 16.4 Å². The van der Waals surface area contributed by atoms with Crippen LogP contribution in [0.5, 0.6) is 0 Å². The van der Waals surface area contributed by atoms with Gasteiger partial charge >= 0.3 is 0 Å². The molecule has 0 radical (unpaired) electrons. The number of rotatable bonds is 12. The maximum Gasteiger partial charge on any atom is 0.247 e. The van der Waals surface area contributed by atoms with Gasteiger partial charge in [-0.1, -0.05) is 78.4 Å². The molecule has 0 spiro atoms. The van der Waals surface area contributed by atoms with Crippen molar-refractivity contribution >= 4 is 40.8 Å². The maximum absolute atomic E-state index is 13.9. The predicted molar refractivity (Wildman–Crippen MR) is 169 cm³/mol. The second kappa shape index (κ2) is 14.8. The molecule has 43 heavy (non-hydrogen) atoms. The highest BCUT2D eigenvalue weighted by Gasteiger charge is 2.36. The number of benzene rings is 3. The molecule has 2 atom stereocenters. The topological polar surface area (TPSA) is 122 Å². The SMILES string of the molecule is C=C(CCN)C[C@H](NC(=O)[C@@H]1Cc2ccccc2CN1C(=O)CCC(=O)c1ccccc1)C(=O)Nc1ccc(Cl)c(C)c1. The van der Waals surface area contributed by atoms with Crippen LogP contribution in [0.3, 0.4) is 0 Å². The van der Waals surface area contributed by atoms with Crippen LogP contribution >= 0.6 is 11.6 Å². The van der Waals surface area contributed by atoms with Crippen molar-refractivity contribution in [3.05, 3.63) is 112 Å². The fraction of sp³-hybridized carbons (Fsp3) is 0.294. The summed E-state index contributed by atoms with van der Waals surface area (Å²) in [5.74, 6) is -1.31. The highest BCUT2D eigenvalue weighted by Crippen LogP contribution is 2.26. The van der Waals surface area contributed by atoms with Gasteiger partial charge in [0.15, 0.2) is 5.78 Å². The number of amides is 3. The predicted octanol–water partition coefficient (Wildman–Crippen LogP) is 4.98. The number of hydrogen-bond acceptors (Lipinski definition) is 5. The van der Waals surface area contributed by atoms with Gasteiger partial charge in [0.25, 0.3) is 0 Å². The minimum atomic E-state index is -0.948. The lowest BCUT2D eigenvalue weighted by atomic mass is 9.92. The van der Waals surface area contributed by atoms with E-state index in [4.69, 9.17) is 17.3 Å². The number of fused-ring (bicyclic) bond motifs is 1. The number of nitrogens with zero attached hydrogens (tertiary/aromatic N) is 1. The highest BCUT2D eigenvalue weighted by atomic mass is 35.5. The molecule has 224 valence electrons. The lowest BCUT2D eigenvalue weighted by Crippen LogP contribution is -2.56. The molecule has 0 saturated heterocycles. The van der Waals surface area contributed by atoms with Gasteiger partial charge in [0.1, 0.15) is 12.1 Å². The summed E-state index contributed by atoms with van der Waals surface area (Å²) in [6.07, 6.45) is 0.960. The second-order valence-corrected chi connectivity index (χ2v) is 11.2. The average molecular weight is 601 g/mol. The number of ketones is 1. The summed E-state index contributed by atoms with van der Waals surface area (Å²) in [4.78, 5) is 55.0. The Kier molecular flexibility index (Phi) is 10.9. The summed E-state index contributed by atoms with van der Waals surface area (Å²) < 4.78 is 0. The van der Waals surface area contributed by atoms with Gasteiger partial charge in [-0.25, -0.2) is 0 Å². The zero-order chi connectivity index (χ0) is 30.9. The van der Waals surface area contributed by atoms with Gasteiger partial charge in [0.05, 0.1) is 0 Å². The molecule has 1 heterocycles. The lowest BCUT2D eigenvalue weighted by Gasteiger charge is -2.37. The summed E-state index contributed by atoms with van der Waals surface area (Å²) in [5.41, 5.74) is 10.2. The van der Waals surface area contributed by atoms with Crippen molar-refractivity contribution in [3.8, 4) is 0 Å². The van der Waals surface area contributed by atoms with Crippen LogP contribution in [-0.4, -0.2) is 47.0 Å². The maximum atomic E-state index is 13.9. The number of nitrogens with one attached hydrogen (secondary N) is 2. The number of carbonyl (C=O) groups is 4. The Morgan fingerprint density at radius 1 is 0.977 bits per heavy atom. The standard InChI is InChI=1S/C34H37ClN4O4/c1-22(16-17-36)18-29(33(42)37-27-12-13-28(35)23(2)19-27)38-34(43)30-20-25-10-6-7-11-26(25)21-39(30)32(41)15-14-31(40)24-8-4-3-5-9-24/h3-13,19,29-30H,1,14-18,20-21,36H2,2H3,(H,37,42)(H,38,43)/t29-,30-/m0/s1. The first-order chi connectivity index (χ1) is 20.7. The smallest absolute Gasteiger partial charge is 0.247 e. The van der Waals surface area contributed by atoms with E-state index in [1.165, 1.54) is 4.90 Å². The third-order valence-corrected chi connectivity index (χ3v) is 8.01. The van der Waals surface area contributed by atoms with E-state index in [-0.39, 0.29) is 43.9 Å². The summed E-state index contributed by atoms with van der Waals surface area (Å²) in [5, 5.41) is 6.33. The highest BCUT2D eigenvalue weighted by molar-refractivity contribution is 6.31. The molecule has 0 unspecified atom stereocenters. The molecule has 4 rings (SSSR count). The number of halogens is 1. The van der Waals surface area contributed by atoms with Crippen molar-refractivity contribution in [2.75, 3.05) is 11.9 Å². The van der Waals surface area contributed by atoms with Gasteiger partial charge < -0.3 is 21.3 Å². The largest absolute Gasteiger partial charge is 0.342 e. The van der Waals surface area contributed by atoms with Crippen molar-refractivity contribution in [2.24, 2.45) is 5.73 Å². The van der Waals surface area contributed by atoms with Gasteiger partial charge in [-0.3, -0.25) is 19.2 Å². The quantitative estimate of drug-likeness (QED) is 0.200. The molecule has 3 aromatic carbocycles. The molecule has 4 N–H and O–H groups in total. The molecule has 1 aliphatic rings. The first-order valence-corrected chi connectivity index (χ1v) is 14.7. The van der Waals surface area contributed by atoms with E-state index in [0.717, 1.165) is 22.3 Å². The Morgan fingerprint density at radius 2 is 1.67 bits per heavy atom. The van der Waals surface area contributed by atoms with E-state index < -0.39 is 23.9 Å². The number of nitrogens with two attached hydrogens (primary N) is 1.